The van der Waals surface area contributed by atoms with Gasteiger partial charge in [-0.3, -0.25) is 4.90 Å². The number of rotatable bonds is 3. The van der Waals surface area contributed by atoms with Crippen molar-refractivity contribution < 1.29 is 8.94 Å². The Labute approximate surface area is 106 Å². The van der Waals surface area contributed by atoms with Crippen LogP contribution in [-0.4, -0.2) is 21.6 Å². The number of nitrogens with zero attached hydrogens (tertiary/aromatic N) is 3. The van der Waals surface area contributed by atoms with Crippen LogP contribution in [0, 0.1) is 0 Å². The van der Waals surface area contributed by atoms with Crippen molar-refractivity contribution in [1.82, 2.24) is 15.0 Å². The minimum atomic E-state index is 0.338. The monoisotopic (exact) mass is 247 g/mol. The molecule has 5 heteroatoms. The van der Waals surface area contributed by atoms with Gasteiger partial charge in [-0.2, -0.15) is 0 Å². The standard InChI is InChI=1S/C13H17N3O2/c1-9(2)13-14-11(8-17-13)6-16-4-3-12-10(5-16)7-18-15-12/h7-9H,3-6H2,1-2H3. The zero-order chi connectivity index (χ0) is 12.5. The number of fused-ring (bicyclic) bond motifs is 1. The molecular formula is C13H17N3O2. The Kier molecular flexibility index (Phi) is 2.91. The third-order valence-electron chi connectivity index (χ3n) is 3.24. The van der Waals surface area contributed by atoms with Crippen molar-refractivity contribution in [2.75, 3.05) is 6.54 Å². The Morgan fingerprint density at radius 3 is 3.06 bits per heavy atom. The van der Waals surface area contributed by atoms with Gasteiger partial charge >= 0.3 is 0 Å². The Morgan fingerprint density at radius 1 is 1.39 bits per heavy atom. The number of hydrogen-bond donors (Lipinski definition) is 0. The molecule has 2 aromatic rings. The van der Waals surface area contributed by atoms with Crippen LogP contribution in [0.1, 0.15) is 42.6 Å². The fraction of sp³-hybridized carbons (Fsp3) is 0.538. The van der Waals surface area contributed by atoms with Gasteiger partial charge in [-0.05, 0) is 0 Å². The van der Waals surface area contributed by atoms with Gasteiger partial charge in [-0.25, -0.2) is 4.98 Å². The zero-order valence-electron chi connectivity index (χ0n) is 10.7. The van der Waals surface area contributed by atoms with Crippen LogP contribution in [0.4, 0.5) is 0 Å². The van der Waals surface area contributed by atoms with Gasteiger partial charge in [-0.15, -0.1) is 0 Å². The predicted molar refractivity (Wildman–Crippen MR) is 64.9 cm³/mol. The third kappa shape index (κ3) is 2.18. The summed E-state index contributed by atoms with van der Waals surface area (Å²) in [6.45, 7) is 6.85. The predicted octanol–water partition coefficient (Wildman–Crippen LogP) is 2.34. The van der Waals surface area contributed by atoms with E-state index in [1.165, 1.54) is 5.56 Å². The minimum absolute atomic E-state index is 0.338. The summed E-state index contributed by atoms with van der Waals surface area (Å²) in [7, 11) is 0. The summed E-state index contributed by atoms with van der Waals surface area (Å²) in [5.41, 5.74) is 3.28. The van der Waals surface area contributed by atoms with Crippen molar-refractivity contribution in [3.63, 3.8) is 0 Å². The Bertz CT molecular complexity index is 530. The molecule has 0 aliphatic carbocycles. The smallest absolute Gasteiger partial charge is 0.196 e. The third-order valence-corrected chi connectivity index (χ3v) is 3.24. The SMILES string of the molecule is CC(C)c1nc(CN2CCc3nocc3C2)co1. The van der Waals surface area contributed by atoms with E-state index in [9.17, 15) is 0 Å². The van der Waals surface area contributed by atoms with Crippen LogP contribution in [0.2, 0.25) is 0 Å². The fourth-order valence-corrected chi connectivity index (χ4v) is 2.22. The normalized spacial score (nSPS) is 16.2. The summed E-state index contributed by atoms with van der Waals surface area (Å²) in [6.07, 6.45) is 4.45. The lowest BCUT2D eigenvalue weighted by Crippen LogP contribution is -2.29. The number of hydrogen-bond acceptors (Lipinski definition) is 5. The van der Waals surface area contributed by atoms with E-state index in [1.807, 2.05) is 0 Å². The first-order valence-corrected chi connectivity index (χ1v) is 6.31. The van der Waals surface area contributed by atoms with Gasteiger partial charge in [0.15, 0.2) is 5.89 Å². The summed E-state index contributed by atoms with van der Waals surface area (Å²) in [5, 5.41) is 3.99. The van der Waals surface area contributed by atoms with Gasteiger partial charge in [0, 0.05) is 37.5 Å². The molecule has 1 aliphatic heterocycles. The van der Waals surface area contributed by atoms with Crippen LogP contribution in [-0.2, 0) is 19.5 Å². The minimum Gasteiger partial charge on any atom is -0.448 e. The zero-order valence-corrected chi connectivity index (χ0v) is 10.7. The molecule has 0 N–H and O–H groups in total. The highest BCUT2D eigenvalue weighted by atomic mass is 16.5. The van der Waals surface area contributed by atoms with Gasteiger partial charge < -0.3 is 8.94 Å². The van der Waals surface area contributed by atoms with Crippen molar-refractivity contribution >= 4 is 0 Å². The van der Waals surface area contributed by atoms with E-state index >= 15 is 0 Å². The topological polar surface area (TPSA) is 55.3 Å². The van der Waals surface area contributed by atoms with Crippen LogP contribution in [0.5, 0.6) is 0 Å². The lowest BCUT2D eigenvalue weighted by atomic mass is 10.1. The molecule has 1 aliphatic rings. The second kappa shape index (κ2) is 4.57. The van der Waals surface area contributed by atoms with Crippen molar-refractivity contribution in [3.8, 4) is 0 Å². The molecule has 0 atom stereocenters. The van der Waals surface area contributed by atoms with E-state index in [1.54, 1.807) is 12.5 Å². The Balaban J connectivity index is 1.67. The van der Waals surface area contributed by atoms with Crippen LogP contribution in [0.15, 0.2) is 21.5 Å². The quantitative estimate of drug-likeness (QED) is 0.833. The molecule has 0 unspecified atom stereocenters. The maximum atomic E-state index is 5.45. The maximum absolute atomic E-state index is 5.45. The fourth-order valence-electron chi connectivity index (χ4n) is 2.22. The highest BCUT2D eigenvalue weighted by molar-refractivity contribution is 5.17. The molecule has 0 fully saturated rings. The second-order valence-corrected chi connectivity index (χ2v) is 5.08. The van der Waals surface area contributed by atoms with Crippen molar-refractivity contribution in [1.29, 1.82) is 0 Å². The van der Waals surface area contributed by atoms with Crippen LogP contribution in [0.25, 0.3) is 0 Å². The molecule has 5 nitrogen and oxygen atoms in total. The average Bonchev–Trinajstić information content (AvgIpc) is 2.96. The molecule has 0 aromatic carbocycles. The highest BCUT2D eigenvalue weighted by Gasteiger charge is 2.20. The molecule has 0 amide bonds. The van der Waals surface area contributed by atoms with Crippen LogP contribution in [0.3, 0.4) is 0 Å². The van der Waals surface area contributed by atoms with Crippen molar-refractivity contribution in [2.24, 2.45) is 0 Å². The first-order valence-electron chi connectivity index (χ1n) is 6.31. The molecule has 96 valence electrons. The van der Waals surface area contributed by atoms with Gasteiger partial charge in [0.2, 0.25) is 0 Å². The molecule has 0 bridgehead atoms. The Hall–Kier alpha value is -1.62. The van der Waals surface area contributed by atoms with Crippen molar-refractivity contribution in [2.45, 2.75) is 39.3 Å². The van der Waals surface area contributed by atoms with Gasteiger partial charge in [-0.1, -0.05) is 19.0 Å². The molecule has 0 saturated carbocycles. The van der Waals surface area contributed by atoms with Crippen LogP contribution < -0.4 is 0 Å². The van der Waals surface area contributed by atoms with E-state index in [2.05, 4.69) is 28.9 Å². The summed E-state index contributed by atoms with van der Waals surface area (Å²) in [5.74, 6) is 1.15. The molecule has 0 saturated heterocycles. The van der Waals surface area contributed by atoms with Gasteiger partial charge in [0.05, 0.1) is 11.4 Å². The summed E-state index contributed by atoms with van der Waals surface area (Å²) >= 11 is 0. The first kappa shape index (κ1) is 11.5. The molecule has 0 radical (unpaired) electrons. The summed E-state index contributed by atoms with van der Waals surface area (Å²) in [4.78, 5) is 6.83. The van der Waals surface area contributed by atoms with E-state index in [0.29, 0.717) is 5.92 Å². The van der Waals surface area contributed by atoms with Crippen LogP contribution >= 0.6 is 0 Å². The molecule has 3 rings (SSSR count). The van der Waals surface area contributed by atoms with E-state index in [-0.39, 0.29) is 0 Å². The lowest BCUT2D eigenvalue weighted by molar-refractivity contribution is 0.241. The largest absolute Gasteiger partial charge is 0.448 e. The molecular weight excluding hydrogens is 230 g/mol. The second-order valence-electron chi connectivity index (χ2n) is 5.08. The van der Waals surface area contributed by atoms with Gasteiger partial charge in [0.25, 0.3) is 0 Å². The molecule has 0 spiro atoms. The first-order chi connectivity index (χ1) is 8.72. The summed E-state index contributed by atoms with van der Waals surface area (Å²) < 4.78 is 10.4. The van der Waals surface area contributed by atoms with Crippen molar-refractivity contribution in [3.05, 3.63) is 35.4 Å². The number of aromatic nitrogens is 2. The summed E-state index contributed by atoms with van der Waals surface area (Å²) in [6, 6.07) is 0. The molecule has 18 heavy (non-hydrogen) atoms. The Morgan fingerprint density at radius 2 is 2.28 bits per heavy atom. The average molecular weight is 247 g/mol. The molecule has 3 heterocycles. The van der Waals surface area contributed by atoms with E-state index in [4.69, 9.17) is 8.94 Å². The maximum Gasteiger partial charge on any atom is 0.196 e. The van der Waals surface area contributed by atoms with E-state index in [0.717, 1.165) is 43.3 Å². The molecule has 2 aromatic heterocycles. The lowest BCUT2D eigenvalue weighted by Gasteiger charge is -2.24. The number of oxazole rings is 1. The highest BCUT2D eigenvalue weighted by Crippen LogP contribution is 2.20. The van der Waals surface area contributed by atoms with Gasteiger partial charge in [0.1, 0.15) is 12.5 Å². The van der Waals surface area contributed by atoms with E-state index < -0.39 is 0 Å².